The van der Waals surface area contributed by atoms with E-state index >= 15 is 0 Å². The number of halogens is 4. The average molecular weight is 439 g/mol. The molecule has 4 rings (SSSR count). The van der Waals surface area contributed by atoms with Gasteiger partial charge < -0.3 is 5.32 Å². The van der Waals surface area contributed by atoms with Gasteiger partial charge in [-0.15, -0.1) is 0 Å². The molecule has 1 N–H and O–H groups in total. The predicted octanol–water partition coefficient (Wildman–Crippen LogP) is 3.24. The second-order valence-corrected chi connectivity index (χ2v) is 8.45. The van der Waals surface area contributed by atoms with Crippen molar-refractivity contribution in [2.45, 2.75) is 51.0 Å². The smallest absolute Gasteiger partial charge is 0.353 e. The summed E-state index contributed by atoms with van der Waals surface area (Å²) in [5.74, 6) is -0.264. The van der Waals surface area contributed by atoms with Gasteiger partial charge in [-0.1, -0.05) is 6.07 Å². The van der Waals surface area contributed by atoms with Crippen molar-refractivity contribution in [3.8, 4) is 0 Å². The van der Waals surface area contributed by atoms with Gasteiger partial charge in [-0.25, -0.2) is 9.37 Å². The van der Waals surface area contributed by atoms with Crippen LogP contribution in [-0.4, -0.2) is 44.7 Å². The van der Waals surface area contributed by atoms with E-state index in [-0.39, 0.29) is 35.9 Å². The molecule has 1 amide bonds. The number of carbonyl (C=O) groups is 1. The van der Waals surface area contributed by atoms with E-state index in [1.807, 2.05) is 0 Å². The van der Waals surface area contributed by atoms with E-state index in [0.717, 1.165) is 18.9 Å². The number of amides is 1. The minimum Gasteiger partial charge on any atom is -0.353 e. The first kappa shape index (κ1) is 21.7. The molecule has 2 heterocycles. The van der Waals surface area contributed by atoms with Crippen LogP contribution in [0.5, 0.6) is 0 Å². The fraction of sp³-hybridized carbons (Fsp3) is 0.571. The summed E-state index contributed by atoms with van der Waals surface area (Å²) >= 11 is 0. The van der Waals surface area contributed by atoms with Crippen LogP contribution in [0.2, 0.25) is 0 Å². The molecule has 2 aromatic rings. The van der Waals surface area contributed by atoms with E-state index < -0.39 is 17.6 Å². The van der Waals surface area contributed by atoms with Crippen molar-refractivity contribution in [3.63, 3.8) is 0 Å². The fourth-order valence-corrected chi connectivity index (χ4v) is 4.79. The van der Waals surface area contributed by atoms with Gasteiger partial charge in [0.15, 0.2) is 0 Å². The maximum atomic E-state index is 14.2. The molecular formula is C21H25F4N5O. The molecule has 6 nitrogen and oxygen atoms in total. The molecule has 2 bridgehead atoms. The van der Waals surface area contributed by atoms with Gasteiger partial charge in [-0.3, -0.25) is 14.4 Å². The van der Waals surface area contributed by atoms with Gasteiger partial charge in [-0.2, -0.15) is 18.3 Å². The van der Waals surface area contributed by atoms with Crippen molar-refractivity contribution in [2.24, 2.45) is 11.8 Å². The Morgan fingerprint density at radius 1 is 1.19 bits per heavy atom. The Morgan fingerprint density at radius 2 is 1.94 bits per heavy atom. The third-order valence-electron chi connectivity index (χ3n) is 6.27. The third-order valence-corrected chi connectivity index (χ3v) is 6.27. The molecule has 1 aromatic heterocycles. The van der Waals surface area contributed by atoms with Crippen molar-refractivity contribution in [1.29, 1.82) is 0 Å². The van der Waals surface area contributed by atoms with Crippen LogP contribution in [0.3, 0.4) is 0 Å². The van der Waals surface area contributed by atoms with Gasteiger partial charge in [-0.05, 0) is 43.2 Å². The number of benzene rings is 1. The molecule has 1 aromatic carbocycles. The minimum absolute atomic E-state index is 0.0178. The van der Waals surface area contributed by atoms with Crippen molar-refractivity contribution >= 4 is 5.91 Å². The maximum absolute atomic E-state index is 14.2. The number of nitrogens with zero attached hydrogens (tertiary/aromatic N) is 4. The highest BCUT2D eigenvalue weighted by Gasteiger charge is 2.42. The Labute approximate surface area is 177 Å². The standard InChI is InChI=1S/C21H25F4N5O/c22-18-8-17(21(23,24)25)6-5-14(18)9-29-10-15-3-4-16(11-29)20(15)28-19(31)2-1-7-30-13-26-12-27-30/h5-6,8,12-13,15-16,20H,1-4,7,9-11H2,(H,28,31)/t15-,16+,20?. The van der Waals surface area contributed by atoms with Gasteiger partial charge in [0.25, 0.3) is 0 Å². The molecule has 1 aliphatic heterocycles. The van der Waals surface area contributed by atoms with E-state index in [1.165, 1.54) is 12.4 Å². The quantitative estimate of drug-likeness (QED) is 0.673. The Hall–Kier alpha value is -2.49. The molecule has 0 radical (unpaired) electrons. The van der Waals surface area contributed by atoms with E-state index in [4.69, 9.17) is 0 Å². The summed E-state index contributed by atoms with van der Waals surface area (Å²) < 4.78 is 54.2. The molecule has 10 heteroatoms. The lowest BCUT2D eigenvalue weighted by Gasteiger charge is -2.38. The molecule has 31 heavy (non-hydrogen) atoms. The second kappa shape index (κ2) is 8.94. The van der Waals surface area contributed by atoms with Crippen molar-refractivity contribution in [3.05, 3.63) is 47.8 Å². The van der Waals surface area contributed by atoms with Crippen LogP contribution in [0.1, 0.15) is 36.8 Å². The first-order valence-corrected chi connectivity index (χ1v) is 10.5. The first-order chi connectivity index (χ1) is 14.8. The predicted molar refractivity (Wildman–Crippen MR) is 104 cm³/mol. The molecule has 1 aliphatic carbocycles. The number of hydrogen-bond acceptors (Lipinski definition) is 4. The van der Waals surface area contributed by atoms with Crippen LogP contribution in [-0.2, 0) is 24.1 Å². The zero-order valence-corrected chi connectivity index (χ0v) is 17.0. The van der Waals surface area contributed by atoms with Crippen LogP contribution in [0.25, 0.3) is 0 Å². The SMILES string of the molecule is O=C(CCCn1cncn1)NC1[C@@H]2CC[C@H]1CN(Cc1ccc(C(F)(F)F)cc1F)C2. The largest absolute Gasteiger partial charge is 0.416 e. The number of nitrogens with one attached hydrogen (secondary N) is 1. The third kappa shape index (κ3) is 5.23. The number of fused-ring (bicyclic) bond motifs is 2. The Bertz CT molecular complexity index is 888. The van der Waals surface area contributed by atoms with Gasteiger partial charge in [0.05, 0.1) is 5.56 Å². The maximum Gasteiger partial charge on any atom is 0.416 e. The fourth-order valence-electron chi connectivity index (χ4n) is 4.79. The van der Waals surface area contributed by atoms with Gasteiger partial charge in [0.1, 0.15) is 18.5 Å². The zero-order chi connectivity index (χ0) is 22.0. The highest BCUT2D eigenvalue weighted by atomic mass is 19.4. The van der Waals surface area contributed by atoms with Crippen LogP contribution >= 0.6 is 0 Å². The van der Waals surface area contributed by atoms with Crippen molar-refractivity contribution in [1.82, 2.24) is 25.0 Å². The number of likely N-dealkylation sites (tertiary alicyclic amines) is 1. The summed E-state index contributed by atoms with van der Waals surface area (Å²) in [6.07, 6.45) is 1.59. The molecule has 1 unspecified atom stereocenters. The monoisotopic (exact) mass is 439 g/mol. The van der Waals surface area contributed by atoms with Crippen LogP contribution in [0, 0.1) is 17.7 Å². The minimum atomic E-state index is -4.55. The lowest BCUT2D eigenvalue weighted by molar-refractivity contribution is -0.137. The number of alkyl halides is 3. The number of carbonyl (C=O) groups excluding carboxylic acids is 1. The lowest BCUT2D eigenvalue weighted by Crippen LogP contribution is -2.52. The zero-order valence-electron chi connectivity index (χ0n) is 17.0. The summed E-state index contributed by atoms with van der Waals surface area (Å²) in [4.78, 5) is 18.3. The van der Waals surface area contributed by atoms with Gasteiger partial charge >= 0.3 is 6.18 Å². The summed E-state index contributed by atoms with van der Waals surface area (Å²) in [7, 11) is 0. The molecule has 2 aliphatic rings. The summed E-state index contributed by atoms with van der Waals surface area (Å²) in [6.45, 7) is 2.30. The normalized spacial score (nSPS) is 23.8. The van der Waals surface area contributed by atoms with E-state index in [1.54, 1.807) is 11.0 Å². The topological polar surface area (TPSA) is 63.1 Å². The molecule has 168 valence electrons. The lowest BCUT2D eigenvalue weighted by atomic mass is 9.91. The first-order valence-electron chi connectivity index (χ1n) is 10.5. The molecule has 2 fully saturated rings. The Kier molecular flexibility index (Phi) is 6.27. The summed E-state index contributed by atoms with van der Waals surface area (Å²) in [6, 6.07) is 2.83. The summed E-state index contributed by atoms with van der Waals surface area (Å²) in [5, 5.41) is 7.19. The molecule has 3 atom stereocenters. The van der Waals surface area contributed by atoms with Crippen LogP contribution < -0.4 is 5.32 Å². The second-order valence-electron chi connectivity index (χ2n) is 8.45. The molecule has 1 saturated carbocycles. The van der Waals surface area contributed by atoms with Crippen molar-refractivity contribution in [2.75, 3.05) is 13.1 Å². The number of aryl methyl sites for hydroxylation is 1. The van der Waals surface area contributed by atoms with E-state index in [9.17, 15) is 22.4 Å². The molecular weight excluding hydrogens is 414 g/mol. The van der Waals surface area contributed by atoms with Crippen molar-refractivity contribution < 1.29 is 22.4 Å². The Morgan fingerprint density at radius 3 is 2.55 bits per heavy atom. The van der Waals surface area contributed by atoms with Gasteiger partial charge in [0.2, 0.25) is 5.91 Å². The van der Waals surface area contributed by atoms with E-state index in [0.29, 0.717) is 38.5 Å². The molecule has 1 saturated heterocycles. The van der Waals surface area contributed by atoms with Crippen LogP contribution in [0.15, 0.2) is 30.9 Å². The molecule has 0 spiro atoms. The number of aromatic nitrogens is 3. The summed E-state index contributed by atoms with van der Waals surface area (Å²) in [5.41, 5.74) is -0.706. The van der Waals surface area contributed by atoms with Crippen LogP contribution in [0.4, 0.5) is 17.6 Å². The average Bonchev–Trinajstić information content (AvgIpc) is 3.29. The number of piperidine rings is 1. The number of hydrogen-bond donors (Lipinski definition) is 1. The van der Waals surface area contributed by atoms with Gasteiger partial charge in [0, 0.05) is 44.2 Å². The van der Waals surface area contributed by atoms with E-state index in [2.05, 4.69) is 20.3 Å². The Balaban J connectivity index is 1.28. The highest BCUT2D eigenvalue weighted by Crippen LogP contribution is 2.38. The highest BCUT2D eigenvalue weighted by molar-refractivity contribution is 5.76. The number of rotatable bonds is 7.